The van der Waals surface area contributed by atoms with Crippen molar-refractivity contribution >= 4 is 11.9 Å². The highest BCUT2D eigenvalue weighted by Gasteiger charge is 2.30. The van der Waals surface area contributed by atoms with E-state index in [1.165, 1.54) is 17.1 Å². The van der Waals surface area contributed by atoms with Crippen LogP contribution in [0.15, 0.2) is 12.5 Å². The molecule has 2 N–H and O–H groups in total. The summed E-state index contributed by atoms with van der Waals surface area (Å²) in [5.74, 6) is -2.32. The standard InChI is InChI=1S/C9H10F3N3O3/c10-9(11,12)3-7(16)13-1-2-15-4-6(8(17)18)14-5-15/h4-5H,1-3H2,(H,13,16)(H,17,18). The van der Waals surface area contributed by atoms with Gasteiger partial charge in [0.15, 0.2) is 5.69 Å². The smallest absolute Gasteiger partial charge is 0.397 e. The molecule has 1 rings (SSSR count). The summed E-state index contributed by atoms with van der Waals surface area (Å²) in [4.78, 5) is 24.8. The first kappa shape index (κ1) is 14.0. The number of hydrogen-bond acceptors (Lipinski definition) is 3. The monoisotopic (exact) mass is 265 g/mol. The number of aromatic nitrogens is 2. The van der Waals surface area contributed by atoms with Crippen molar-refractivity contribution in [3.05, 3.63) is 18.2 Å². The molecule has 0 unspecified atom stereocenters. The van der Waals surface area contributed by atoms with Crippen molar-refractivity contribution in [3.8, 4) is 0 Å². The summed E-state index contributed by atoms with van der Waals surface area (Å²) in [5, 5.41) is 10.6. The van der Waals surface area contributed by atoms with Gasteiger partial charge in [0.25, 0.3) is 0 Å². The molecule has 1 aromatic rings. The summed E-state index contributed by atoms with van der Waals surface area (Å²) in [5.41, 5.74) is -0.170. The first-order valence-corrected chi connectivity index (χ1v) is 4.86. The lowest BCUT2D eigenvalue weighted by Gasteiger charge is -2.07. The molecule has 6 nitrogen and oxygen atoms in total. The van der Waals surface area contributed by atoms with Crippen molar-refractivity contribution in [3.63, 3.8) is 0 Å². The Hall–Kier alpha value is -2.06. The van der Waals surface area contributed by atoms with Gasteiger partial charge in [-0.25, -0.2) is 9.78 Å². The number of carbonyl (C=O) groups is 2. The van der Waals surface area contributed by atoms with Gasteiger partial charge in [-0.15, -0.1) is 0 Å². The fraction of sp³-hybridized carbons (Fsp3) is 0.444. The van der Waals surface area contributed by atoms with E-state index in [-0.39, 0.29) is 18.8 Å². The maximum Gasteiger partial charge on any atom is 0.397 e. The first-order chi connectivity index (χ1) is 8.28. The molecular weight excluding hydrogens is 255 g/mol. The molecule has 0 aliphatic rings. The fourth-order valence-electron chi connectivity index (χ4n) is 1.16. The fourth-order valence-corrected chi connectivity index (χ4v) is 1.16. The number of carboxylic acids is 1. The van der Waals surface area contributed by atoms with Crippen LogP contribution in [0, 0.1) is 0 Å². The Balaban J connectivity index is 2.33. The van der Waals surface area contributed by atoms with Crippen LogP contribution in [0.25, 0.3) is 0 Å². The number of carboxylic acid groups (broad SMARTS) is 1. The number of alkyl halides is 3. The van der Waals surface area contributed by atoms with Crippen molar-refractivity contribution in [1.82, 2.24) is 14.9 Å². The van der Waals surface area contributed by atoms with Gasteiger partial charge in [-0.3, -0.25) is 4.79 Å². The van der Waals surface area contributed by atoms with Crippen LogP contribution in [0.5, 0.6) is 0 Å². The molecular formula is C9H10F3N3O3. The van der Waals surface area contributed by atoms with Gasteiger partial charge in [0.2, 0.25) is 5.91 Å². The van der Waals surface area contributed by atoms with Crippen LogP contribution in [0.1, 0.15) is 16.9 Å². The van der Waals surface area contributed by atoms with Crippen molar-refractivity contribution in [2.45, 2.75) is 19.1 Å². The Morgan fingerprint density at radius 2 is 2.11 bits per heavy atom. The van der Waals surface area contributed by atoms with Crippen LogP contribution in [0.2, 0.25) is 0 Å². The van der Waals surface area contributed by atoms with Crippen molar-refractivity contribution < 1.29 is 27.9 Å². The molecule has 0 atom stereocenters. The summed E-state index contributed by atoms with van der Waals surface area (Å²) in [6.45, 7) is 0.105. The lowest BCUT2D eigenvalue weighted by molar-refractivity contribution is -0.153. The van der Waals surface area contributed by atoms with Crippen LogP contribution in [-0.4, -0.2) is 39.3 Å². The Kier molecular flexibility index (Phi) is 4.29. The van der Waals surface area contributed by atoms with Gasteiger partial charge < -0.3 is 15.0 Å². The third-order valence-corrected chi connectivity index (χ3v) is 1.91. The maximum absolute atomic E-state index is 11.8. The van der Waals surface area contributed by atoms with Gasteiger partial charge in [-0.2, -0.15) is 13.2 Å². The number of amides is 1. The summed E-state index contributed by atoms with van der Waals surface area (Å²) in [6, 6.07) is 0. The number of nitrogens with zero attached hydrogens (tertiary/aromatic N) is 2. The second kappa shape index (κ2) is 5.52. The second-order valence-electron chi connectivity index (χ2n) is 3.44. The molecule has 0 aliphatic heterocycles. The number of halogens is 3. The number of carbonyl (C=O) groups excluding carboxylic acids is 1. The number of nitrogens with one attached hydrogen (secondary N) is 1. The van der Waals surface area contributed by atoms with Crippen LogP contribution >= 0.6 is 0 Å². The molecule has 100 valence electrons. The Labute approximate surface area is 99.4 Å². The molecule has 0 fully saturated rings. The molecule has 1 aromatic heterocycles. The minimum Gasteiger partial charge on any atom is -0.476 e. The van der Waals surface area contributed by atoms with Gasteiger partial charge in [-0.1, -0.05) is 0 Å². The molecule has 0 spiro atoms. The zero-order valence-electron chi connectivity index (χ0n) is 9.07. The number of hydrogen-bond donors (Lipinski definition) is 2. The lowest BCUT2D eigenvalue weighted by atomic mass is 10.4. The molecule has 9 heteroatoms. The third-order valence-electron chi connectivity index (χ3n) is 1.91. The topological polar surface area (TPSA) is 84.2 Å². The van der Waals surface area contributed by atoms with E-state index in [1.807, 2.05) is 0 Å². The van der Waals surface area contributed by atoms with E-state index in [0.717, 1.165) is 0 Å². The zero-order chi connectivity index (χ0) is 13.8. The Morgan fingerprint density at radius 1 is 1.44 bits per heavy atom. The molecule has 0 aliphatic carbocycles. The van der Waals surface area contributed by atoms with E-state index in [2.05, 4.69) is 10.3 Å². The summed E-state index contributed by atoms with van der Waals surface area (Å²) >= 11 is 0. The molecule has 0 saturated heterocycles. The number of imidazole rings is 1. The van der Waals surface area contributed by atoms with Crippen molar-refractivity contribution in [2.24, 2.45) is 0 Å². The predicted molar refractivity (Wildman–Crippen MR) is 52.9 cm³/mol. The highest BCUT2D eigenvalue weighted by Crippen LogP contribution is 2.18. The average Bonchev–Trinajstić information content (AvgIpc) is 2.63. The molecule has 1 heterocycles. The highest BCUT2D eigenvalue weighted by molar-refractivity contribution is 5.84. The van der Waals surface area contributed by atoms with Crippen LogP contribution in [-0.2, 0) is 11.3 Å². The summed E-state index contributed by atoms with van der Waals surface area (Å²) in [6.07, 6.45) is -3.62. The molecule has 0 aromatic carbocycles. The molecule has 1 amide bonds. The van der Waals surface area contributed by atoms with E-state index in [0.29, 0.717) is 0 Å². The van der Waals surface area contributed by atoms with E-state index < -0.39 is 24.5 Å². The summed E-state index contributed by atoms with van der Waals surface area (Å²) in [7, 11) is 0. The van der Waals surface area contributed by atoms with Gasteiger partial charge in [0.05, 0.1) is 6.33 Å². The van der Waals surface area contributed by atoms with E-state index in [9.17, 15) is 22.8 Å². The largest absolute Gasteiger partial charge is 0.476 e. The second-order valence-corrected chi connectivity index (χ2v) is 3.44. The number of aromatic carboxylic acids is 1. The van der Waals surface area contributed by atoms with Crippen LogP contribution < -0.4 is 5.32 Å². The average molecular weight is 265 g/mol. The number of rotatable bonds is 5. The lowest BCUT2D eigenvalue weighted by Crippen LogP contribution is -2.30. The van der Waals surface area contributed by atoms with Gasteiger partial charge in [-0.05, 0) is 0 Å². The normalized spacial score (nSPS) is 11.3. The third kappa shape index (κ3) is 4.85. The molecule has 0 radical (unpaired) electrons. The molecule has 18 heavy (non-hydrogen) atoms. The first-order valence-electron chi connectivity index (χ1n) is 4.86. The highest BCUT2D eigenvalue weighted by atomic mass is 19.4. The van der Waals surface area contributed by atoms with Crippen molar-refractivity contribution in [1.29, 1.82) is 0 Å². The van der Waals surface area contributed by atoms with Crippen molar-refractivity contribution in [2.75, 3.05) is 6.54 Å². The zero-order valence-corrected chi connectivity index (χ0v) is 9.07. The maximum atomic E-state index is 11.8. The quantitative estimate of drug-likeness (QED) is 0.818. The Bertz CT molecular complexity index is 442. The van der Waals surface area contributed by atoms with Crippen LogP contribution in [0.4, 0.5) is 13.2 Å². The predicted octanol–water partition coefficient (Wildman–Crippen LogP) is 0.650. The van der Waals surface area contributed by atoms with E-state index in [4.69, 9.17) is 5.11 Å². The van der Waals surface area contributed by atoms with E-state index >= 15 is 0 Å². The van der Waals surface area contributed by atoms with Gasteiger partial charge >= 0.3 is 12.1 Å². The molecule has 0 bridgehead atoms. The van der Waals surface area contributed by atoms with Gasteiger partial charge in [0.1, 0.15) is 6.42 Å². The Morgan fingerprint density at radius 3 is 2.61 bits per heavy atom. The summed E-state index contributed by atoms with van der Waals surface area (Å²) < 4.78 is 36.8. The van der Waals surface area contributed by atoms with E-state index in [1.54, 1.807) is 0 Å². The van der Waals surface area contributed by atoms with Gasteiger partial charge in [0, 0.05) is 19.3 Å². The SMILES string of the molecule is O=C(CC(F)(F)F)NCCn1cnc(C(=O)O)c1. The van der Waals surface area contributed by atoms with Crippen LogP contribution in [0.3, 0.4) is 0 Å². The molecule has 0 saturated carbocycles. The minimum atomic E-state index is -4.53. The minimum absolute atomic E-state index is 0.0374.